The molecule has 3 nitrogen and oxygen atoms in total. The van der Waals surface area contributed by atoms with E-state index in [-0.39, 0.29) is 17.9 Å². The van der Waals surface area contributed by atoms with E-state index in [0.717, 1.165) is 19.5 Å². The van der Waals surface area contributed by atoms with Gasteiger partial charge < -0.3 is 10.0 Å². The van der Waals surface area contributed by atoms with Crippen molar-refractivity contribution in [3.63, 3.8) is 0 Å². The minimum Gasteiger partial charge on any atom is -0.396 e. The summed E-state index contributed by atoms with van der Waals surface area (Å²) in [7, 11) is 0. The Morgan fingerprint density at radius 3 is 2.62 bits per heavy atom. The number of aliphatic hydroxyl groups excluding tert-OH is 1. The first-order valence-corrected chi connectivity index (χ1v) is 6.44. The standard InChI is InChI=1S/C13H23NO2/c1-13(2)6-4-3-5-11(13)12(16)14-7-10(8-14)9-15/h10-11,15H,3-9H2,1-2H3. The first kappa shape index (κ1) is 11.9. The summed E-state index contributed by atoms with van der Waals surface area (Å²) in [5.74, 6) is 0.867. The highest BCUT2D eigenvalue weighted by atomic mass is 16.3. The Balaban J connectivity index is 1.94. The van der Waals surface area contributed by atoms with E-state index in [0.29, 0.717) is 11.8 Å². The summed E-state index contributed by atoms with van der Waals surface area (Å²) in [6, 6.07) is 0. The molecule has 92 valence electrons. The summed E-state index contributed by atoms with van der Waals surface area (Å²) >= 11 is 0. The SMILES string of the molecule is CC1(C)CCCCC1C(=O)N1CC(CO)C1. The van der Waals surface area contributed by atoms with E-state index in [1.165, 1.54) is 19.3 Å². The molecular formula is C13H23NO2. The Labute approximate surface area is 97.8 Å². The summed E-state index contributed by atoms with van der Waals surface area (Å²) in [4.78, 5) is 14.2. The number of nitrogens with zero attached hydrogens (tertiary/aromatic N) is 1. The van der Waals surface area contributed by atoms with Gasteiger partial charge in [-0.25, -0.2) is 0 Å². The fourth-order valence-electron chi connectivity index (χ4n) is 3.04. The number of hydrogen-bond donors (Lipinski definition) is 1. The second kappa shape index (κ2) is 4.36. The lowest BCUT2D eigenvalue weighted by Gasteiger charge is -2.45. The van der Waals surface area contributed by atoms with E-state index in [9.17, 15) is 4.79 Å². The Bertz CT molecular complexity index is 269. The van der Waals surface area contributed by atoms with Crippen LogP contribution in [0.3, 0.4) is 0 Å². The van der Waals surface area contributed by atoms with Crippen LogP contribution in [0.25, 0.3) is 0 Å². The molecule has 2 aliphatic rings. The lowest BCUT2D eigenvalue weighted by atomic mass is 9.68. The second-order valence-corrected chi connectivity index (χ2v) is 6.08. The Hall–Kier alpha value is -0.570. The van der Waals surface area contributed by atoms with E-state index in [1.54, 1.807) is 0 Å². The van der Waals surface area contributed by atoms with Gasteiger partial charge in [0.25, 0.3) is 0 Å². The number of aliphatic hydroxyl groups is 1. The van der Waals surface area contributed by atoms with Gasteiger partial charge in [-0.1, -0.05) is 26.7 Å². The molecule has 0 aromatic rings. The van der Waals surface area contributed by atoms with Crippen molar-refractivity contribution in [1.82, 2.24) is 4.90 Å². The van der Waals surface area contributed by atoms with Gasteiger partial charge in [-0.3, -0.25) is 4.79 Å². The molecule has 2 rings (SSSR count). The number of likely N-dealkylation sites (tertiary alicyclic amines) is 1. The maximum absolute atomic E-state index is 12.3. The van der Waals surface area contributed by atoms with Crippen LogP contribution in [0.15, 0.2) is 0 Å². The zero-order chi connectivity index (χ0) is 11.8. The third kappa shape index (κ3) is 2.10. The monoisotopic (exact) mass is 225 g/mol. The number of hydrogen-bond acceptors (Lipinski definition) is 2. The van der Waals surface area contributed by atoms with Crippen molar-refractivity contribution in [3.05, 3.63) is 0 Å². The number of carbonyl (C=O) groups is 1. The summed E-state index contributed by atoms with van der Waals surface area (Å²) in [6.07, 6.45) is 4.67. The van der Waals surface area contributed by atoms with Gasteiger partial charge in [0, 0.05) is 31.5 Å². The molecule has 0 bridgehead atoms. The van der Waals surface area contributed by atoms with Crippen LogP contribution < -0.4 is 0 Å². The quantitative estimate of drug-likeness (QED) is 0.776. The van der Waals surface area contributed by atoms with E-state index in [1.807, 2.05) is 4.90 Å². The zero-order valence-corrected chi connectivity index (χ0v) is 10.4. The normalized spacial score (nSPS) is 29.9. The predicted octanol–water partition coefficient (Wildman–Crippen LogP) is 1.65. The van der Waals surface area contributed by atoms with Crippen LogP contribution in [0.5, 0.6) is 0 Å². The topological polar surface area (TPSA) is 40.5 Å². The number of carbonyl (C=O) groups excluding carboxylic acids is 1. The molecular weight excluding hydrogens is 202 g/mol. The van der Waals surface area contributed by atoms with Gasteiger partial charge in [-0.05, 0) is 18.3 Å². The molecule has 2 fully saturated rings. The third-order valence-corrected chi connectivity index (χ3v) is 4.33. The van der Waals surface area contributed by atoms with Crippen LogP contribution in [-0.2, 0) is 4.79 Å². The Kier molecular flexibility index (Phi) is 3.24. The molecule has 1 saturated carbocycles. The van der Waals surface area contributed by atoms with Crippen LogP contribution >= 0.6 is 0 Å². The van der Waals surface area contributed by atoms with Crippen molar-refractivity contribution in [2.75, 3.05) is 19.7 Å². The highest BCUT2D eigenvalue weighted by Crippen LogP contribution is 2.42. The average Bonchev–Trinajstić information content (AvgIpc) is 2.15. The molecule has 1 saturated heterocycles. The highest BCUT2D eigenvalue weighted by Gasteiger charge is 2.42. The minimum atomic E-state index is 0.166. The van der Waals surface area contributed by atoms with Crippen molar-refractivity contribution in [3.8, 4) is 0 Å². The summed E-state index contributed by atoms with van der Waals surface area (Å²) in [5.41, 5.74) is 0.166. The summed E-state index contributed by atoms with van der Waals surface area (Å²) < 4.78 is 0. The van der Waals surface area contributed by atoms with E-state index in [2.05, 4.69) is 13.8 Å². The summed E-state index contributed by atoms with van der Waals surface area (Å²) in [5, 5.41) is 8.96. The number of rotatable bonds is 2. The molecule has 1 unspecified atom stereocenters. The predicted molar refractivity (Wildman–Crippen MR) is 62.9 cm³/mol. The molecule has 0 radical (unpaired) electrons. The van der Waals surface area contributed by atoms with Gasteiger partial charge in [0.15, 0.2) is 0 Å². The summed E-state index contributed by atoms with van der Waals surface area (Å²) in [6.45, 7) is 6.19. The molecule has 1 amide bonds. The average molecular weight is 225 g/mol. The minimum absolute atomic E-state index is 0.166. The lowest BCUT2D eigenvalue weighted by Crippen LogP contribution is -2.55. The van der Waals surface area contributed by atoms with Gasteiger partial charge in [-0.15, -0.1) is 0 Å². The first-order chi connectivity index (χ1) is 7.54. The van der Waals surface area contributed by atoms with Gasteiger partial charge in [0.05, 0.1) is 0 Å². The maximum atomic E-state index is 12.3. The molecule has 1 N–H and O–H groups in total. The van der Waals surface area contributed by atoms with Crippen molar-refractivity contribution < 1.29 is 9.90 Å². The molecule has 0 spiro atoms. The number of amides is 1. The maximum Gasteiger partial charge on any atom is 0.226 e. The Morgan fingerprint density at radius 1 is 1.38 bits per heavy atom. The van der Waals surface area contributed by atoms with Gasteiger partial charge in [0.2, 0.25) is 5.91 Å². The van der Waals surface area contributed by atoms with E-state index in [4.69, 9.17) is 5.11 Å². The van der Waals surface area contributed by atoms with E-state index < -0.39 is 0 Å². The van der Waals surface area contributed by atoms with Crippen LogP contribution in [0, 0.1) is 17.3 Å². The van der Waals surface area contributed by atoms with Crippen molar-refractivity contribution >= 4 is 5.91 Å². The fourth-order valence-corrected chi connectivity index (χ4v) is 3.04. The molecule has 0 aromatic carbocycles. The van der Waals surface area contributed by atoms with Crippen LogP contribution in [0.1, 0.15) is 39.5 Å². The largest absolute Gasteiger partial charge is 0.396 e. The fraction of sp³-hybridized carbons (Fsp3) is 0.923. The molecule has 16 heavy (non-hydrogen) atoms. The first-order valence-electron chi connectivity index (χ1n) is 6.44. The van der Waals surface area contributed by atoms with Crippen molar-refractivity contribution in [2.45, 2.75) is 39.5 Å². The Morgan fingerprint density at radius 2 is 2.06 bits per heavy atom. The van der Waals surface area contributed by atoms with Crippen LogP contribution in [0.4, 0.5) is 0 Å². The van der Waals surface area contributed by atoms with Gasteiger partial charge in [0.1, 0.15) is 0 Å². The zero-order valence-electron chi connectivity index (χ0n) is 10.4. The lowest BCUT2D eigenvalue weighted by molar-refractivity contribution is -0.148. The van der Waals surface area contributed by atoms with Crippen molar-refractivity contribution in [2.24, 2.45) is 17.3 Å². The van der Waals surface area contributed by atoms with E-state index >= 15 is 0 Å². The molecule has 1 heterocycles. The molecule has 0 aromatic heterocycles. The molecule has 1 aliphatic heterocycles. The third-order valence-electron chi connectivity index (χ3n) is 4.33. The highest BCUT2D eigenvalue weighted by molar-refractivity contribution is 5.80. The van der Waals surface area contributed by atoms with Crippen molar-refractivity contribution in [1.29, 1.82) is 0 Å². The van der Waals surface area contributed by atoms with Crippen LogP contribution in [-0.4, -0.2) is 35.6 Å². The van der Waals surface area contributed by atoms with Gasteiger partial charge >= 0.3 is 0 Å². The van der Waals surface area contributed by atoms with Gasteiger partial charge in [-0.2, -0.15) is 0 Å². The molecule has 3 heteroatoms. The van der Waals surface area contributed by atoms with Crippen LogP contribution in [0.2, 0.25) is 0 Å². The molecule has 1 atom stereocenters. The second-order valence-electron chi connectivity index (χ2n) is 6.08. The molecule has 1 aliphatic carbocycles. The smallest absolute Gasteiger partial charge is 0.226 e.